The minimum absolute atomic E-state index is 0.0896. The molecule has 0 bridgehead atoms. The van der Waals surface area contributed by atoms with E-state index in [9.17, 15) is 0 Å². The van der Waals surface area contributed by atoms with Crippen molar-refractivity contribution in [3.05, 3.63) is 41.3 Å². The van der Waals surface area contributed by atoms with Crippen molar-refractivity contribution < 1.29 is 13.6 Å². The molecular formula is C15H11Cl3N2O3. The van der Waals surface area contributed by atoms with Gasteiger partial charge in [-0.2, -0.15) is 0 Å². The number of nitrogens with zero attached hydrogens (tertiary/aromatic N) is 2. The zero-order valence-corrected chi connectivity index (χ0v) is 14.4. The van der Waals surface area contributed by atoms with Gasteiger partial charge in [0.25, 0.3) is 9.68 Å². The molecule has 2 aromatic heterocycles. The van der Waals surface area contributed by atoms with Gasteiger partial charge in [0.1, 0.15) is 17.1 Å². The van der Waals surface area contributed by atoms with Crippen LogP contribution in [0, 0.1) is 6.92 Å². The Morgan fingerprint density at radius 1 is 1.13 bits per heavy atom. The van der Waals surface area contributed by atoms with Crippen molar-refractivity contribution in [2.24, 2.45) is 0 Å². The topological polar surface area (TPSA) is 61.3 Å². The first-order valence-electron chi connectivity index (χ1n) is 6.54. The number of halogens is 3. The number of hydrogen-bond acceptors (Lipinski definition) is 5. The van der Waals surface area contributed by atoms with Crippen LogP contribution in [0.3, 0.4) is 0 Å². The van der Waals surface area contributed by atoms with E-state index in [2.05, 4.69) is 10.2 Å². The fourth-order valence-electron chi connectivity index (χ4n) is 2.07. The molecule has 0 aliphatic rings. The van der Waals surface area contributed by atoms with Crippen LogP contribution in [0.4, 0.5) is 0 Å². The highest BCUT2D eigenvalue weighted by molar-refractivity contribution is 6.66. The van der Waals surface area contributed by atoms with Crippen LogP contribution in [0.15, 0.2) is 27.0 Å². The standard InChI is InChI=1S/C15H11Cl3N2O3/c1-8-10-4-3-9(21-2)7-12(10)22-11(8)5-6-13-19-20-14(23-13)15(16,17)18/h3-7H,1-2H3/b6-5+. The Hall–Kier alpha value is -1.69. The molecule has 0 spiro atoms. The summed E-state index contributed by atoms with van der Waals surface area (Å²) in [5, 5.41) is 8.47. The summed E-state index contributed by atoms with van der Waals surface area (Å²) in [6, 6.07) is 5.65. The maximum Gasteiger partial charge on any atom is 0.268 e. The number of rotatable bonds is 3. The van der Waals surface area contributed by atoms with E-state index in [0.717, 1.165) is 22.3 Å². The van der Waals surface area contributed by atoms with Gasteiger partial charge in [0.05, 0.1) is 7.11 Å². The molecule has 120 valence electrons. The molecule has 5 nitrogen and oxygen atoms in total. The summed E-state index contributed by atoms with van der Waals surface area (Å²) in [5.74, 6) is 1.52. The molecule has 0 amide bonds. The van der Waals surface area contributed by atoms with Crippen molar-refractivity contribution in [1.29, 1.82) is 0 Å². The lowest BCUT2D eigenvalue weighted by molar-refractivity contribution is 0.414. The molecule has 0 saturated heterocycles. The second-order valence-electron chi connectivity index (χ2n) is 4.73. The Bertz CT molecular complexity index is 878. The zero-order chi connectivity index (χ0) is 16.6. The second kappa shape index (κ2) is 6.07. The molecule has 0 fully saturated rings. The van der Waals surface area contributed by atoms with Gasteiger partial charge >= 0.3 is 0 Å². The third-order valence-corrected chi connectivity index (χ3v) is 3.73. The Balaban J connectivity index is 1.91. The average molecular weight is 374 g/mol. The van der Waals surface area contributed by atoms with E-state index >= 15 is 0 Å². The van der Waals surface area contributed by atoms with E-state index < -0.39 is 3.79 Å². The van der Waals surface area contributed by atoms with E-state index in [1.807, 2.05) is 25.1 Å². The molecule has 0 N–H and O–H groups in total. The first-order valence-corrected chi connectivity index (χ1v) is 7.68. The highest BCUT2D eigenvalue weighted by Gasteiger charge is 2.29. The predicted molar refractivity (Wildman–Crippen MR) is 90.0 cm³/mol. The van der Waals surface area contributed by atoms with Crippen LogP contribution in [-0.4, -0.2) is 17.3 Å². The Morgan fingerprint density at radius 2 is 1.91 bits per heavy atom. The number of aromatic nitrogens is 2. The predicted octanol–water partition coefficient (Wildman–Crippen LogP) is 5.13. The number of aryl methyl sites for hydroxylation is 1. The molecule has 0 aliphatic carbocycles. The summed E-state index contributed by atoms with van der Waals surface area (Å²) in [6.45, 7) is 1.96. The van der Waals surface area contributed by atoms with Crippen LogP contribution < -0.4 is 4.74 Å². The molecular weight excluding hydrogens is 363 g/mol. The lowest BCUT2D eigenvalue weighted by Gasteiger charge is -2.01. The first-order chi connectivity index (χ1) is 10.9. The number of furan rings is 1. The molecule has 3 rings (SSSR count). The SMILES string of the molecule is COc1ccc2c(C)c(/C=C/c3nnc(C(Cl)(Cl)Cl)o3)oc2c1. The molecule has 1 aromatic carbocycles. The molecule has 0 saturated carbocycles. The van der Waals surface area contributed by atoms with Crippen LogP contribution in [0.5, 0.6) is 5.75 Å². The highest BCUT2D eigenvalue weighted by atomic mass is 35.6. The van der Waals surface area contributed by atoms with Crippen LogP contribution in [0.1, 0.15) is 23.1 Å². The van der Waals surface area contributed by atoms with Gasteiger partial charge in [-0.3, -0.25) is 0 Å². The number of hydrogen-bond donors (Lipinski definition) is 0. The summed E-state index contributed by atoms with van der Waals surface area (Å²) in [7, 11) is 1.61. The van der Waals surface area contributed by atoms with Crippen LogP contribution >= 0.6 is 34.8 Å². The fraction of sp³-hybridized carbons (Fsp3) is 0.200. The van der Waals surface area contributed by atoms with Gasteiger partial charge in [-0.15, -0.1) is 10.2 Å². The zero-order valence-electron chi connectivity index (χ0n) is 12.1. The summed E-state index contributed by atoms with van der Waals surface area (Å²) in [4.78, 5) is 0. The largest absolute Gasteiger partial charge is 0.497 e. The minimum atomic E-state index is -1.75. The molecule has 23 heavy (non-hydrogen) atoms. The summed E-state index contributed by atoms with van der Waals surface area (Å²) < 4.78 is 14.5. The lowest BCUT2D eigenvalue weighted by Crippen LogP contribution is -1.99. The first kappa shape index (κ1) is 16.2. The molecule has 0 radical (unpaired) electrons. The van der Waals surface area contributed by atoms with Gasteiger partial charge in [0, 0.05) is 23.1 Å². The Labute approximate surface area is 146 Å². The molecule has 0 aliphatic heterocycles. The van der Waals surface area contributed by atoms with Gasteiger partial charge in [-0.05, 0) is 25.1 Å². The molecule has 2 heterocycles. The third-order valence-electron chi connectivity index (χ3n) is 3.24. The quantitative estimate of drug-likeness (QED) is 0.596. The number of fused-ring (bicyclic) bond motifs is 1. The lowest BCUT2D eigenvalue weighted by atomic mass is 10.1. The van der Waals surface area contributed by atoms with Gasteiger partial charge < -0.3 is 13.6 Å². The third kappa shape index (κ3) is 3.32. The van der Waals surface area contributed by atoms with Crippen molar-refractivity contribution in [2.75, 3.05) is 7.11 Å². The number of benzene rings is 1. The maximum absolute atomic E-state index is 5.80. The monoisotopic (exact) mass is 372 g/mol. The van der Waals surface area contributed by atoms with Crippen molar-refractivity contribution >= 4 is 57.9 Å². The van der Waals surface area contributed by atoms with E-state index in [-0.39, 0.29) is 11.8 Å². The Kier molecular flexibility index (Phi) is 4.27. The summed E-state index contributed by atoms with van der Waals surface area (Å²) >= 11 is 17.0. The minimum Gasteiger partial charge on any atom is -0.497 e. The highest BCUT2D eigenvalue weighted by Crippen LogP contribution is 2.37. The van der Waals surface area contributed by atoms with Crippen LogP contribution in [0.25, 0.3) is 23.1 Å². The summed E-state index contributed by atoms with van der Waals surface area (Å²) in [5.41, 5.74) is 1.72. The number of alkyl halides is 3. The summed E-state index contributed by atoms with van der Waals surface area (Å²) in [6.07, 6.45) is 3.31. The van der Waals surface area contributed by atoms with E-state index in [1.165, 1.54) is 0 Å². The molecule has 3 aromatic rings. The van der Waals surface area contributed by atoms with E-state index in [0.29, 0.717) is 5.76 Å². The Morgan fingerprint density at radius 3 is 2.57 bits per heavy atom. The number of ether oxygens (including phenoxy) is 1. The van der Waals surface area contributed by atoms with E-state index in [1.54, 1.807) is 19.3 Å². The van der Waals surface area contributed by atoms with Gasteiger partial charge in [-0.1, -0.05) is 34.8 Å². The number of methoxy groups -OCH3 is 1. The molecule has 8 heteroatoms. The van der Waals surface area contributed by atoms with Crippen molar-refractivity contribution in [2.45, 2.75) is 10.7 Å². The average Bonchev–Trinajstić information content (AvgIpc) is 3.10. The maximum atomic E-state index is 5.80. The van der Waals surface area contributed by atoms with Crippen molar-refractivity contribution in [3.8, 4) is 5.75 Å². The van der Waals surface area contributed by atoms with Gasteiger partial charge in [0.15, 0.2) is 0 Å². The van der Waals surface area contributed by atoms with Gasteiger partial charge in [-0.25, -0.2) is 0 Å². The molecule has 0 unspecified atom stereocenters. The van der Waals surface area contributed by atoms with Crippen molar-refractivity contribution in [1.82, 2.24) is 10.2 Å². The van der Waals surface area contributed by atoms with Crippen molar-refractivity contribution in [3.63, 3.8) is 0 Å². The normalized spacial score (nSPS) is 12.4. The van der Waals surface area contributed by atoms with Crippen LogP contribution in [-0.2, 0) is 3.79 Å². The molecule has 0 atom stereocenters. The van der Waals surface area contributed by atoms with Gasteiger partial charge in [0.2, 0.25) is 5.89 Å². The van der Waals surface area contributed by atoms with Crippen LogP contribution in [0.2, 0.25) is 0 Å². The van der Waals surface area contributed by atoms with E-state index in [4.69, 9.17) is 48.4 Å². The smallest absolute Gasteiger partial charge is 0.268 e. The second-order valence-corrected chi connectivity index (χ2v) is 7.01. The fourth-order valence-corrected chi connectivity index (χ4v) is 2.30.